The maximum atomic E-state index is 9.83. The standard InChI is InChI=1S/C16H16O/c1-2-6-16(17)15-11-9-14(10-12-15)13-7-4-3-5-8-13/h3-5,7-9,11,16-17H,2,6H2,1H3. The van der Waals surface area contributed by atoms with Crippen LogP contribution in [-0.2, 0) is 0 Å². The van der Waals surface area contributed by atoms with Crippen LogP contribution in [0.2, 0.25) is 0 Å². The third-order valence-corrected chi connectivity index (χ3v) is 2.78. The van der Waals surface area contributed by atoms with Crippen LogP contribution in [0.4, 0.5) is 0 Å². The van der Waals surface area contributed by atoms with Crippen LogP contribution in [0.25, 0.3) is 5.57 Å². The van der Waals surface area contributed by atoms with Crippen LogP contribution >= 0.6 is 0 Å². The Morgan fingerprint density at radius 2 is 1.88 bits per heavy atom. The third-order valence-electron chi connectivity index (χ3n) is 2.78. The topological polar surface area (TPSA) is 20.2 Å². The molecule has 1 aliphatic carbocycles. The van der Waals surface area contributed by atoms with Gasteiger partial charge in [0.25, 0.3) is 0 Å². The van der Waals surface area contributed by atoms with Gasteiger partial charge in [0.2, 0.25) is 0 Å². The van der Waals surface area contributed by atoms with Gasteiger partial charge in [0.15, 0.2) is 0 Å². The van der Waals surface area contributed by atoms with E-state index in [4.69, 9.17) is 0 Å². The Balaban J connectivity index is 2.30. The lowest BCUT2D eigenvalue weighted by molar-refractivity contribution is 0.203. The molecule has 0 spiro atoms. The highest BCUT2D eigenvalue weighted by Crippen LogP contribution is 2.19. The van der Waals surface area contributed by atoms with Crippen molar-refractivity contribution in [2.24, 2.45) is 0 Å². The number of rotatable bonds is 4. The monoisotopic (exact) mass is 224 g/mol. The summed E-state index contributed by atoms with van der Waals surface area (Å²) in [4.78, 5) is 0. The molecular weight excluding hydrogens is 208 g/mol. The summed E-state index contributed by atoms with van der Waals surface area (Å²) in [5.41, 5.74) is 9.12. The van der Waals surface area contributed by atoms with Crippen LogP contribution in [0.3, 0.4) is 0 Å². The second-order valence-electron chi connectivity index (χ2n) is 4.12. The molecule has 1 nitrogen and oxygen atoms in total. The first kappa shape index (κ1) is 11.7. The molecule has 1 heteroatoms. The Morgan fingerprint density at radius 3 is 2.47 bits per heavy atom. The molecule has 0 saturated heterocycles. The van der Waals surface area contributed by atoms with E-state index in [2.05, 4.69) is 18.4 Å². The van der Waals surface area contributed by atoms with E-state index in [0.717, 1.165) is 29.6 Å². The fourth-order valence-electron chi connectivity index (χ4n) is 1.81. The van der Waals surface area contributed by atoms with Gasteiger partial charge in [0.1, 0.15) is 0 Å². The number of allylic oxidation sites excluding steroid dienone is 2. The summed E-state index contributed by atoms with van der Waals surface area (Å²) in [7, 11) is 0. The molecule has 17 heavy (non-hydrogen) atoms. The first-order chi connectivity index (χ1) is 8.31. The summed E-state index contributed by atoms with van der Waals surface area (Å²) in [5, 5.41) is 9.83. The quantitative estimate of drug-likeness (QED) is 0.776. The number of aliphatic hydroxyl groups is 1. The van der Waals surface area contributed by atoms with Crippen LogP contribution in [0, 0.1) is 0 Å². The minimum Gasteiger partial charge on any atom is -0.388 e. The lowest BCUT2D eigenvalue weighted by atomic mass is 9.99. The molecule has 0 heterocycles. The summed E-state index contributed by atoms with van der Waals surface area (Å²) >= 11 is 0. The van der Waals surface area contributed by atoms with Gasteiger partial charge in [-0.1, -0.05) is 55.1 Å². The molecule has 1 aromatic rings. The minimum absolute atomic E-state index is 0.416. The first-order valence-electron chi connectivity index (χ1n) is 5.98. The van der Waals surface area contributed by atoms with E-state index >= 15 is 0 Å². The molecular formula is C16H16O. The predicted molar refractivity (Wildman–Crippen MR) is 70.4 cm³/mol. The zero-order chi connectivity index (χ0) is 12.1. The minimum atomic E-state index is -0.416. The van der Waals surface area contributed by atoms with E-state index < -0.39 is 6.10 Å². The molecule has 0 saturated carbocycles. The van der Waals surface area contributed by atoms with E-state index in [0.29, 0.717) is 0 Å². The van der Waals surface area contributed by atoms with Crippen molar-refractivity contribution >= 4 is 5.57 Å². The Morgan fingerprint density at radius 1 is 1.12 bits per heavy atom. The van der Waals surface area contributed by atoms with Crippen molar-refractivity contribution in [3.63, 3.8) is 0 Å². The average molecular weight is 224 g/mol. The maximum Gasteiger partial charge on any atom is 0.0867 e. The molecule has 86 valence electrons. The second kappa shape index (κ2) is 5.52. The smallest absolute Gasteiger partial charge is 0.0867 e. The van der Waals surface area contributed by atoms with Crippen molar-refractivity contribution in [3.05, 3.63) is 65.1 Å². The van der Waals surface area contributed by atoms with Crippen molar-refractivity contribution in [2.45, 2.75) is 25.9 Å². The van der Waals surface area contributed by atoms with Crippen LogP contribution < -0.4 is 0 Å². The highest BCUT2D eigenvalue weighted by Gasteiger charge is 2.08. The summed E-state index contributed by atoms with van der Waals surface area (Å²) in [5.74, 6) is 0. The molecule has 1 aliphatic rings. The molecule has 1 atom stereocenters. The molecule has 1 unspecified atom stereocenters. The molecule has 1 N–H and O–H groups in total. The van der Waals surface area contributed by atoms with E-state index in [-0.39, 0.29) is 0 Å². The molecule has 0 bridgehead atoms. The Labute approximate surface area is 102 Å². The lowest BCUT2D eigenvalue weighted by Crippen LogP contribution is -2.07. The van der Waals surface area contributed by atoms with Gasteiger partial charge in [-0.25, -0.2) is 0 Å². The fourth-order valence-corrected chi connectivity index (χ4v) is 1.81. The van der Waals surface area contributed by atoms with Crippen LogP contribution in [0.5, 0.6) is 0 Å². The number of hydrogen-bond acceptors (Lipinski definition) is 1. The van der Waals surface area contributed by atoms with Gasteiger partial charge in [-0.05, 0) is 24.1 Å². The first-order valence-corrected chi connectivity index (χ1v) is 5.98. The van der Waals surface area contributed by atoms with Gasteiger partial charge in [-0.2, -0.15) is 0 Å². The molecule has 0 amide bonds. The van der Waals surface area contributed by atoms with E-state index in [9.17, 15) is 5.11 Å². The molecule has 0 fully saturated rings. The van der Waals surface area contributed by atoms with Crippen LogP contribution in [-0.4, -0.2) is 11.2 Å². The van der Waals surface area contributed by atoms with Crippen molar-refractivity contribution in [2.75, 3.05) is 0 Å². The highest BCUT2D eigenvalue weighted by molar-refractivity contribution is 5.75. The van der Waals surface area contributed by atoms with Crippen LogP contribution in [0.1, 0.15) is 25.3 Å². The number of benzene rings is 1. The van der Waals surface area contributed by atoms with Crippen molar-refractivity contribution < 1.29 is 5.11 Å². The van der Waals surface area contributed by atoms with E-state index in [1.54, 1.807) is 0 Å². The third kappa shape index (κ3) is 2.87. The predicted octanol–water partition coefficient (Wildman–Crippen LogP) is 3.48. The van der Waals surface area contributed by atoms with Gasteiger partial charge in [0.05, 0.1) is 6.10 Å². The normalized spacial score (nSPS) is 15.4. The largest absolute Gasteiger partial charge is 0.388 e. The number of aliphatic hydroxyl groups excluding tert-OH is 1. The molecule has 2 rings (SSSR count). The van der Waals surface area contributed by atoms with Gasteiger partial charge in [-0.15, -0.1) is 0 Å². The van der Waals surface area contributed by atoms with Crippen molar-refractivity contribution in [1.29, 1.82) is 0 Å². The summed E-state index contributed by atoms with van der Waals surface area (Å²) < 4.78 is 0. The molecule has 0 aromatic heterocycles. The summed E-state index contributed by atoms with van der Waals surface area (Å²) in [6.45, 7) is 2.06. The Hall–Kier alpha value is -1.78. The molecule has 0 radical (unpaired) electrons. The van der Waals surface area contributed by atoms with Crippen molar-refractivity contribution in [1.82, 2.24) is 0 Å². The highest BCUT2D eigenvalue weighted by atomic mass is 16.3. The van der Waals surface area contributed by atoms with Gasteiger partial charge in [-0.3, -0.25) is 0 Å². The Kier molecular flexibility index (Phi) is 3.80. The molecule has 0 aliphatic heterocycles. The fraction of sp³-hybridized carbons (Fsp3) is 0.250. The summed E-state index contributed by atoms with van der Waals surface area (Å²) in [6.07, 6.45) is 5.24. The van der Waals surface area contributed by atoms with Gasteiger partial charge < -0.3 is 5.11 Å². The van der Waals surface area contributed by atoms with Gasteiger partial charge in [0, 0.05) is 11.1 Å². The second-order valence-corrected chi connectivity index (χ2v) is 4.12. The van der Waals surface area contributed by atoms with Crippen molar-refractivity contribution in [3.8, 4) is 0 Å². The Bertz CT molecular complexity index is 510. The zero-order valence-corrected chi connectivity index (χ0v) is 9.98. The van der Waals surface area contributed by atoms with Gasteiger partial charge >= 0.3 is 0 Å². The van der Waals surface area contributed by atoms with Crippen LogP contribution in [0.15, 0.2) is 59.5 Å². The lowest BCUT2D eigenvalue weighted by Gasteiger charge is -2.09. The maximum absolute atomic E-state index is 9.83. The average Bonchev–Trinajstić information content (AvgIpc) is 2.40. The number of hydrogen-bond donors (Lipinski definition) is 1. The summed E-state index contributed by atoms with van der Waals surface area (Å²) in [6, 6.07) is 10.1. The van der Waals surface area contributed by atoms with E-state index in [1.165, 1.54) is 0 Å². The zero-order valence-electron chi connectivity index (χ0n) is 9.98. The molecule has 1 aromatic carbocycles. The SMILES string of the molecule is CCCC(O)C1=C=C=C(c2ccccc2)C=C1. The van der Waals surface area contributed by atoms with E-state index in [1.807, 2.05) is 42.5 Å².